The zero-order chi connectivity index (χ0) is 25.5. The summed E-state index contributed by atoms with van der Waals surface area (Å²) in [6, 6.07) is 9.40. The molecule has 8 nitrogen and oxygen atoms in total. The van der Waals surface area contributed by atoms with Gasteiger partial charge in [-0.25, -0.2) is 14.2 Å². The molecule has 2 fully saturated rings. The number of amides is 1. The minimum absolute atomic E-state index is 0.0194. The lowest BCUT2D eigenvalue weighted by molar-refractivity contribution is -0.146. The van der Waals surface area contributed by atoms with E-state index >= 15 is 0 Å². The molecule has 9 heteroatoms. The molecule has 3 unspecified atom stereocenters. The van der Waals surface area contributed by atoms with Crippen molar-refractivity contribution < 1.29 is 28.2 Å². The summed E-state index contributed by atoms with van der Waals surface area (Å²) < 4.78 is 30.2. The fraction of sp³-hybridized carbons (Fsp3) is 0.500. The largest absolute Gasteiger partial charge is 0.474 e. The van der Waals surface area contributed by atoms with Crippen LogP contribution in [0.3, 0.4) is 0 Å². The summed E-state index contributed by atoms with van der Waals surface area (Å²) in [7, 11) is 1.32. The molecule has 3 atom stereocenters. The minimum Gasteiger partial charge on any atom is -0.474 e. The van der Waals surface area contributed by atoms with Crippen LogP contribution in [0.1, 0.15) is 33.3 Å². The minimum atomic E-state index is -1.11. The number of aromatic nitrogens is 1. The maximum atomic E-state index is 13.5. The molecule has 1 amide bonds. The lowest BCUT2D eigenvalue weighted by Crippen LogP contribution is -2.41. The molecule has 1 aromatic heterocycles. The Labute approximate surface area is 204 Å². The first-order chi connectivity index (χ1) is 16.4. The highest BCUT2D eigenvalue weighted by Crippen LogP contribution is 2.48. The summed E-state index contributed by atoms with van der Waals surface area (Å²) in [6.45, 7) is 8.36. The molecular formula is C26H32FN3O5. The average molecular weight is 486 g/mol. The molecule has 2 heterocycles. The molecule has 1 aromatic carbocycles. The van der Waals surface area contributed by atoms with Crippen LogP contribution in [0.2, 0.25) is 0 Å². The van der Waals surface area contributed by atoms with Crippen LogP contribution in [0, 0.1) is 17.7 Å². The summed E-state index contributed by atoms with van der Waals surface area (Å²) >= 11 is 0. The van der Waals surface area contributed by atoms with Gasteiger partial charge in [-0.3, -0.25) is 4.79 Å². The predicted octanol–water partition coefficient (Wildman–Crippen LogP) is 3.52. The van der Waals surface area contributed by atoms with Gasteiger partial charge in [0.15, 0.2) is 0 Å². The van der Waals surface area contributed by atoms with Gasteiger partial charge >= 0.3 is 12.1 Å². The number of esters is 1. The van der Waals surface area contributed by atoms with E-state index in [-0.39, 0.29) is 36.4 Å². The van der Waals surface area contributed by atoms with Crippen LogP contribution in [-0.2, 0) is 19.7 Å². The Morgan fingerprint density at radius 1 is 1.11 bits per heavy atom. The van der Waals surface area contributed by atoms with Crippen LogP contribution < -0.4 is 10.5 Å². The van der Waals surface area contributed by atoms with Crippen LogP contribution in [0.4, 0.5) is 9.18 Å². The summed E-state index contributed by atoms with van der Waals surface area (Å²) in [4.78, 5) is 31.3. The molecule has 0 radical (unpaired) electrons. The molecule has 1 saturated carbocycles. The number of fused-ring (bicyclic) bond motifs is 1. The molecular weight excluding hydrogens is 453 g/mol. The Morgan fingerprint density at radius 3 is 2.29 bits per heavy atom. The van der Waals surface area contributed by atoms with Gasteiger partial charge in [-0.05, 0) is 63.6 Å². The number of nitrogens with two attached hydrogens (primary N) is 1. The molecule has 4 rings (SSSR count). The summed E-state index contributed by atoms with van der Waals surface area (Å²) in [5.74, 6) is -0.123. The van der Waals surface area contributed by atoms with Gasteiger partial charge in [-0.15, -0.1) is 0 Å². The SMILES string of the molecule is COC(=O)C(C)(CN)c1cc(OC2C3CN(C(=O)OC(C)(C)C)CC32)nc(-c2ccc(F)cc2)c1. The fourth-order valence-electron chi connectivity index (χ4n) is 4.46. The molecule has 2 aromatic rings. The first-order valence-electron chi connectivity index (χ1n) is 11.7. The third-order valence-electron chi connectivity index (χ3n) is 6.65. The Kier molecular flexibility index (Phi) is 6.48. The van der Waals surface area contributed by atoms with Gasteiger partial charge < -0.3 is 24.8 Å². The van der Waals surface area contributed by atoms with E-state index in [1.807, 2.05) is 20.8 Å². The molecule has 0 spiro atoms. The highest BCUT2D eigenvalue weighted by molar-refractivity contribution is 5.83. The van der Waals surface area contributed by atoms with E-state index in [0.29, 0.717) is 35.8 Å². The molecule has 2 N–H and O–H groups in total. The normalized spacial score (nSPS) is 22.7. The number of likely N-dealkylation sites (tertiary alicyclic amines) is 1. The van der Waals surface area contributed by atoms with Gasteiger partial charge in [0.1, 0.15) is 22.9 Å². The highest BCUT2D eigenvalue weighted by atomic mass is 19.1. The number of piperidine rings is 1. The van der Waals surface area contributed by atoms with Gasteiger partial charge in [0.2, 0.25) is 5.88 Å². The number of benzene rings is 1. The van der Waals surface area contributed by atoms with Gasteiger partial charge in [-0.1, -0.05) is 0 Å². The quantitative estimate of drug-likeness (QED) is 0.625. The van der Waals surface area contributed by atoms with Crippen molar-refractivity contribution in [3.05, 3.63) is 47.8 Å². The maximum absolute atomic E-state index is 13.5. The van der Waals surface area contributed by atoms with Crippen LogP contribution in [0.5, 0.6) is 5.88 Å². The van der Waals surface area contributed by atoms with E-state index in [9.17, 15) is 14.0 Å². The van der Waals surface area contributed by atoms with Crippen molar-refractivity contribution in [1.29, 1.82) is 0 Å². The first kappa shape index (κ1) is 24.9. The topological polar surface area (TPSA) is 104 Å². The fourth-order valence-corrected chi connectivity index (χ4v) is 4.46. The third-order valence-corrected chi connectivity index (χ3v) is 6.65. The van der Waals surface area contributed by atoms with Crippen molar-refractivity contribution in [2.45, 2.75) is 44.8 Å². The van der Waals surface area contributed by atoms with E-state index in [4.69, 9.17) is 19.9 Å². The van der Waals surface area contributed by atoms with Crippen LogP contribution in [-0.4, -0.2) is 60.4 Å². The van der Waals surface area contributed by atoms with Crippen LogP contribution in [0.15, 0.2) is 36.4 Å². The number of rotatable bonds is 6. The van der Waals surface area contributed by atoms with Crippen LogP contribution in [0.25, 0.3) is 11.3 Å². The number of methoxy groups -OCH3 is 1. The van der Waals surface area contributed by atoms with Crippen molar-refractivity contribution in [1.82, 2.24) is 9.88 Å². The van der Waals surface area contributed by atoms with Gasteiger partial charge in [0, 0.05) is 43.1 Å². The lowest BCUT2D eigenvalue weighted by Gasteiger charge is -2.27. The van der Waals surface area contributed by atoms with E-state index in [2.05, 4.69) is 4.98 Å². The van der Waals surface area contributed by atoms with Gasteiger partial charge in [0.05, 0.1) is 12.8 Å². The Hall–Kier alpha value is -3.20. The number of nitrogens with zero attached hydrogens (tertiary/aromatic N) is 2. The standard InChI is InChI=1S/C26H32FN3O5/c1-25(2,3)35-24(32)30-12-18-19(13-30)22(18)34-21-11-16(26(4,14-28)23(31)33-5)10-20(29-21)15-6-8-17(27)9-7-15/h6-11,18-19,22H,12-14,28H2,1-5H3. The number of halogens is 1. The van der Waals surface area contributed by atoms with Gasteiger partial charge in [0.25, 0.3) is 0 Å². The number of hydrogen-bond donors (Lipinski definition) is 1. The zero-order valence-electron chi connectivity index (χ0n) is 20.7. The maximum Gasteiger partial charge on any atom is 0.410 e. The van der Waals surface area contributed by atoms with E-state index < -0.39 is 17.0 Å². The average Bonchev–Trinajstić information content (AvgIpc) is 3.24. The number of pyridine rings is 1. The van der Waals surface area contributed by atoms with Crippen molar-refractivity contribution >= 4 is 12.1 Å². The number of carbonyl (C=O) groups is 2. The monoisotopic (exact) mass is 485 g/mol. The number of hydrogen-bond acceptors (Lipinski definition) is 7. The number of ether oxygens (including phenoxy) is 3. The molecule has 1 aliphatic heterocycles. The molecule has 188 valence electrons. The molecule has 1 aliphatic carbocycles. The molecule has 35 heavy (non-hydrogen) atoms. The summed E-state index contributed by atoms with van der Waals surface area (Å²) in [5.41, 5.74) is 6.13. The second kappa shape index (κ2) is 9.11. The second-order valence-corrected chi connectivity index (χ2v) is 10.4. The second-order valence-electron chi connectivity index (χ2n) is 10.4. The van der Waals surface area contributed by atoms with Crippen molar-refractivity contribution in [3.63, 3.8) is 0 Å². The first-order valence-corrected chi connectivity index (χ1v) is 11.7. The van der Waals surface area contributed by atoms with E-state index in [1.54, 1.807) is 36.1 Å². The van der Waals surface area contributed by atoms with Crippen LogP contribution >= 0.6 is 0 Å². The number of carbonyl (C=O) groups excluding carboxylic acids is 2. The van der Waals surface area contributed by atoms with Gasteiger partial charge in [-0.2, -0.15) is 0 Å². The smallest absolute Gasteiger partial charge is 0.410 e. The van der Waals surface area contributed by atoms with E-state index in [1.165, 1.54) is 19.2 Å². The van der Waals surface area contributed by atoms with Crippen molar-refractivity contribution in [2.75, 3.05) is 26.7 Å². The Morgan fingerprint density at radius 2 is 1.74 bits per heavy atom. The summed E-state index contributed by atoms with van der Waals surface area (Å²) in [5, 5.41) is 0. The van der Waals surface area contributed by atoms with E-state index in [0.717, 1.165) is 0 Å². The highest BCUT2D eigenvalue weighted by Gasteiger charge is 2.59. The predicted molar refractivity (Wildman–Crippen MR) is 127 cm³/mol. The molecule has 2 aliphatic rings. The van der Waals surface area contributed by atoms with Crippen molar-refractivity contribution in [2.24, 2.45) is 17.6 Å². The third kappa shape index (κ3) is 5.10. The Bertz CT molecular complexity index is 1100. The molecule has 1 saturated heterocycles. The van der Waals surface area contributed by atoms with Crippen molar-refractivity contribution in [3.8, 4) is 17.1 Å². The Balaban J connectivity index is 1.57. The molecule has 0 bridgehead atoms. The zero-order valence-corrected chi connectivity index (χ0v) is 20.7. The summed E-state index contributed by atoms with van der Waals surface area (Å²) in [6.07, 6.45) is -0.418. The lowest BCUT2D eigenvalue weighted by atomic mass is 9.82.